The molecule has 1 aliphatic heterocycles. The standard InChI is InChI=1S/C25H23N5OS/c1-16-11-13-18(14-12-16)21-22(24(31)26-20-10-6-7-17(2)15-20)32-25-28-27-23(30(25)29-21)19-8-4-3-5-9-19/h3-15,21-22,29H,1-2H3,(H,26,31)/t21-,22+/m1/s1. The van der Waals surface area contributed by atoms with E-state index in [1.165, 1.54) is 17.3 Å². The van der Waals surface area contributed by atoms with Crippen molar-refractivity contribution in [3.05, 3.63) is 95.6 Å². The molecule has 5 rings (SSSR count). The van der Waals surface area contributed by atoms with E-state index >= 15 is 0 Å². The summed E-state index contributed by atoms with van der Waals surface area (Å²) in [4.78, 5) is 13.4. The molecule has 0 saturated heterocycles. The highest BCUT2D eigenvalue weighted by molar-refractivity contribution is 8.00. The fourth-order valence-corrected chi connectivity index (χ4v) is 4.87. The molecule has 1 aromatic heterocycles. The third-order valence-corrected chi connectivity index (χ3v) is 6.66. The molecule has 1 aliphatic rings. The van der Waals surface area contributed by atoms with Crippen LogP contribution in [0.25, 0.3) is 11.4 Å². The third kappa shape index (κ3) is 3.99. The van der Waals surface area contributed by atoms with Gasteiger partial charge in [-0.15, -0.1) is 10.2 Å². The predicted octanol–water partition coefficient (Wildman–Crippen LogP) is 4.96. The number of aryl methyl sites for hydroxylation is 2. The van der Waals surface area contributed by atoms with Crippen molar-refractivity contribution >= 4 is 23.4 Å². The summed E-state index contributed by atoms with van der Waals surface area (Å²) in [6.45, 7) is 4.06. The summed E-state index contributed by atoms with van der Waals surface area (Å²) in [5, 5.41) is 12.1. The van der Waals surface area contributed by atoms with Gasteiger partial charge in [-0.1, -0.05) is 84.1 Å². The molecule has 32 heavy (non-hydrogen) atoms. The number of nitrogens with one attached hydrogen (secondary N) is 2. The van der Waals surface area contributed by atoms with E-state index in [4.69, 9.17) is 0 Å². The number of hydrogen-bond acceptors (Lipinski definition) is 5. The minimum Gasteiger partial charge on any atom is -0.325 e. The Balaban J connectivity index is 1.51. The smallest absolute Gasteiger partial charge is 0.240 e. The molecule has 0 aliphatic carbocycles. The van der Waals surface area contributed by atoms with Crippen LogP contribution in [-0.2, 0) is 4.79 Å². The van der Waals surface area contributed by atoms with Gasteiger partial charge in [-0.25, -0.2) is 4.68 Å². The van der Waals surface area contributed by atoms with Crippen LogP contribution in [0, 0.1) is 13.8 Å². The first-order chi connectivity index (χ1) is 15.6. The van der Waals surface area contributed by atoms with Crippen LogP contribution in [0.1, 0.15) is 22.7 Å². The van der Waals surface area contributed by atoms with E-state index in [9.17, 15) is 4.79 Å². The molecule has 0 fully saturated rings. The third-order valence-electron chi connectivity index (χ3n) is 5.45. The van der Waals surface area contributed by atoms with Crippen LogP contribution in [0.5, 0.6) is 0 Å². The number of hydrogen-bond donors (Lipinski definition) is 2. The maximum Gasteiger partial charge on any atom is 0.240 e. The van der Waals surface area contributed by atoms with Crippen LogP contribution >= 0.6 is 11.8 Å². The number of nitrogens with zero attached hydrogens (tertiary/aromatic N) is 3. The fourth-order valence-electron chi connectivity index (χ4n) is 3.79. The molecule has 6 nitrogen and oxygen atoms in total. The predicted molar refractivity (Wildman–Crippen MR) is 128 cm³/mol. The number of amides is 1. The lowest BCUT2D eigenvalue weighted by atomic mass is 10.0. The van der Waals surface area contributed by atoms with Gasteiger partial charge in [-0.2, -0.15) is 0 Å². The van der Waals surface area contributed by atoms with Crippen molar-refractivity contribution in [2.45, 2.75) is 30.3 Å². The number of carbonyl (C=O) groups is 1. The van der Waals surface area contributed by atoms with Crippen LogP contribution in [0.15, 0.2) is 84.0 Å². The van der Waals surface area contributed by atoms with E-state index < -0.39 is 5.25 Å². The monoisotopic (exact) mass is 441 g/mol. The summed E-state index contributed by atoms with van der Waals surface area (Å²) in [5.74, 6) is 0.650. The van der Waals surface area contributed by atoms with Gasteiger partial charge in [0.2, 0.25) is 11.1 Å². The normalized spacial score (nSPS) is 17.3. The zero-order valence-corrected chi connectivity index (χ0v) is 18.6. The number of rotatable bonds is 4. The molecule has 1 amide bonds. The molecule has 7 heteroatoms. The molecule has 0 bridgehead atoms. The second-order valence-electron chi connectivity index (χ2n) is 7.92. The van der Waals surface area contributed by atoms with Gasteiger partial charge >= 0.3 is 0 Å². The summed E-state index contributed by atoms with van der Waals surface area (Å²) in [7, 11) is 0. The molecule has 0 saturated carbocycles. The van der Waals surface area contributed by atoms with Crippen molar-refractivity contribution in [1.29, 1.82) is 0 Å². The first-order valence-corrected chi connectivity index (χ1v) is 11.3. The van der Waals surface area contributed by atoms with Crippen molar-refractivity contribution in [3.8, 4) is 11.4 Å². The summed E-state index contributed by atoms with van der Waals surface area (Å²) >= 11 is 1.43. The quantitative estimate of drug-likeness (QED) is 0.468. The Bertz CT molecular complexity index is 1250. The average Bonchev–Trinajstić information content (AvgIpc) is 3.22. The van der Waals surface area contributed by atoms with Crippen molar-refractivity contribution in [2.24, 2.45) is 0 Å². The maximum atomic E-state index is 13.4. The topological polar surface area (TPSA) is 71.8 Å². The number of fused-ring (bicyclic) bond motifs is 1. The Labute approximate surface area is 191 Å². The summed E-state index contributed by atoms with van der Waals surface area (Å²) in [5.41, 5.74) is 8.57. The number of thioether (sulfide) groups is 1. The zero-order valence-electron chi connectivity index (χ0n) is 17.8. The van der Waals surface area contributed by atoms with Gasteiger partial charge in [-0.05, 0) is 37.1 Å². The van der Waals surface area contributed by atoms with E-state index in [2.05, 4.69) is 52.1 Å². The Morgan fingerprint density at radius 2 is 1.72 bits per heavy atom. The van der Waals surface area contributed by atoms with E-state index in [1.807, 2.05) is 66.2 Å². The molecular formula is C25H23N5OS. The maximum absolute atomic E-state index is 13.4. The molecule has 0 spiro atoms. The van der Waals surface area contributed by atoms with E-state index in [0.717, 1.165) is 28.2 Å². The van der Waals surface area contributed by atoms with Crippen molar-refractivity contribution in [2.75, 3.05) is 10.7 Å². The Kier molecular flexibility index (Phi) is 5.41. The average molecular weight is 442 g/mol. The summed E-state index contributed by atoms with van der Waals surface area (Å²) < 4.78 is 1.89. The Hall–Kier alpha value is -3.58. The van der Waals surface area contributed by atoms with Gasteiger partial charge in [0.25, 0.3) is 0 Å². The molecule has 160 valence electrons. The van der Waals surface area contributed by atoms with Gasteiger partial charge in [0.15, 0.2) is 5.82 Å². The SMILES string of the molecule is Cc1ccc([C@H]2Nn3c(nnc3-c3ccccc3)S[C@@H]2C(=O)Nc2cccc(C)c2)cc1. The molecule has 2 atom stereocenters. The van der Waals surface area contributed by atoms with E-state index in [1.54, 1.807) is 0 Å². The van der Waals surface area contributed by atoms with E-state index in [-0.39, 0.29) is 11.9 Å². The van der Waals surface area contributed by atoms with Crippen LogP contribution < -0.4 is 10.7 Å². The lowest BCUT2D eigenvalue weighted by molar-refractivity contribution is -0.116. The van der Waals surface area contributed by atoms with Crippen LogP contribution in [0.4, 0.5) is 5.69 Å². The van der Waals surface area contributed by atoms with E-state index in [0.29, 0.717) is 5.16 Å². The lowest BCUT2D eigenvalue weighted by Crippen LogP contribution is -2.41. The number of benzene rings is 3. The van der Waals surface area contributed by atoms with Crippen molar-refractivity contribution in [1.82, 2.24) is 14.9 Å². The molecule has 3 aromatic carbocycles. The highest BCUT2D eigenvalue weighted by Gasteiger charge is 2.38. The minimum atomic E-state index is -0.418. The van der Waals surface area contributed by atoms with Crippen molar-refractivity contribution in [3.63, 3.8) is 0 Å². The molecule has 2 N–H and O–H groups in total. The van der Waals surface area contributed by atoms with Gasteiger partial charge in [0.05, 0.1) is 6.04 Å². The zero-order chi connectivity index (χ0) is 22.1. The molecule has 2 heterocycles. The largest absolute Gasteiger partial charge is 0.325 e. The highest BCUT2D eigenvalue weighted by Crippen LogP contribution is 2.39. The first-order valence-electron chi connectivity index (χ1n) is 10.5. The molecular weight excluding hydrogens is 418 g/mol. The first kappa shape index (κ1) is 20.3. The summed E-state index contributed by atoms with van der Waals surface area (Å²) in [6, 6.07) is 25.8. The Morgan fingerprint density at radius 1 is 0.938 bits per heavy atom. The minimum absolute atomic E-state index is 0.0748. The van der Waals surface area contributed by atoms with Gasteiger partial charge in [-0.3, -0.25) is 4.79 Å². The lowest BCUT2D eigenvalue weighted by Gasteiger charge is -2.33. The fraction of sp³-hybridized carbons (Fsp3) is 0.160. The number of carbonyl (C=O) groups excluding carboxylic acids is 1. The number of aromatic nitrogens is 3. The second-order valence-corrected chi connectivity index (χ2v) is 9.03. The highest BCUT2D eigenvalue weighted by atomic mass is 32.2. The van der Waals surface area contributed by atoms with Crippen LogP contribution in [0.2, 0.25) is 0 Å². The van der Waals surface area contributed by atoms with Crippen molar-refractivity contribution < 1.29 is 4.79 Å². The second kappa shape index (κ2) is 8.51. The van der Waals surface area contributed by atoms with Gasteiger partial charge in [0.1, 0.15) is 5.25 Å². The Morgan fingerprint density at radius 3 is 2.47 bits per heavy atom. The molecule has 4 aromatic rings. The molecule has 0 radical (unpaired) electrons. The molecule has 0 unspecified atom stereocenters. The van der Waals surface area contributed by atoms with Gasteiger partial charge < -0.3 is 10.7 Å². The number of anilines is 1. The van der Waals surface area contributed by atoms with Gasteiger partial charge in [0, 0.05) is 11.3 Å². The summed E-state index contributed by atoms with van der Waals surface area (Å²) in [6.07, 6.45) is 0. The van der Waals surface area contributed by atoms with Crippen LogP contribution in [-0.4, -0.2) is 26.0 Å². The van der Waals surface area contributed by atoms with Crippen LogP contribution in [0.3, 0.4) is 0 Å².